The van der Waals surface area contributed by atoms with E-state index < -0.39 is 22.5 Å². The summed E-state index contributed by atoms with van der Waals surface area (Å²) in [7, 11) is 2.82. The fraction of sp³-hybridized carbons (Fsp3) is 0.375. The maximum atomic E-state index is 11.8. The standard InChI is InChI=1S/C16H16N2O4S2/c1-16(11-17,24-23-12-5-3-2-4-6-12)10-9-15(21)22-18-13(19)7-8-14(18)20/h2-6H,7-10H2,1H3. The highest BCUT2D eigenvalue weighted by atomic mass is 33.1. The van der Waals surface area contributed by atoms with Gasteiger partial charge in [-0.15, -0.1) is 5.06 Å². The van der Waals surface area contributed by atoms with Gasteiger partial charge in [0.15, 0.2) is 0 Å². The molecule has 0 aromatic heterocycles. The molecule has 8 heteroatoms. The van der Waals surface area contributed by atoms with Crippen LogP contribution in [0.5, 0.6) is 0 Å². The predicted octanol–water partition coefficient (Wildman–Crippen LogP) is 3.10. The molecule has 1 unspecified atom stereocenters. The number of carbonyl (C=O) groups is 3. The van der Waals surface area contributed by atoms with Crippen LogP contribution in [-0.2, 0) is 19.2 Å². The maximum absolute atomic E-state index is 11.8. The Hall–Kier alpha value is -1.98. The fourth-order valence-corrected chi connectivity index (χ4v) is 4.18. The lowest BCUT2D eigenvalue weighted by Gasteiger charge is -2.20. The van der Waals surface area contributed by atoms with Crippen molar-refractivity contribution in [2.45, 2.75) is 42.2 Å². The van der Waals surface area contributed by atoms with Crippen LogP contribution >= 0.6 is 21.6 Å². The van der Waals surface area contributed by atoms with Crippen molar-refractivity contribution in [1.82, 2.24) is 5.06 Å². The minimum Gasteiger partial charge on any atom is -0.330 e. The zero-order chi connectivity index (χ0) is 17.6. The molecule has 1 saturated heterocycles. The lowest BCUT2D eigenvalue weighted by molar-refractivity contribution is -0.197. The first-order chi connectivity index (χ1) is 11.4. The van der Waals surface area contributed by atoms with Crippen molar-refractivity contribution in [3.63, 3.8) is 0 Å². The van der Waals surface area contributed by atoms with Crippen LogP contribution in [0.15, 0.2) is 35.2 Å². The van der Waals surface area contributed by atoms with Gasteiger partial charge in [-0.1, -0.05) is 39.8 Å². The van der Waals surface area contributed by atoms with Gasteiger partial charge >= 0.3 is 5.97 Å². The summed E-state index contributed by atoms with van der Waals surface area (Å²) in [6.07, 6.45) is 0.323. The van der Waals surface area contributed by atoms with Crippen molar-refractivity contribution in [3.05, 3.63) is 30.3 Å². The van der Waals surface area contributed by atoms with E-state index in [0.29, 0.717) is 5.06 Å². The van der Waals surface area contributed by atoms with Crippen molar-refractivity contribution in [1.29, 1.82) is 5.26 Å². The van der Waals surface area contributed by atoms with Crippen LogP contribution in [0.3, 0.4) is 0 Å². The van der Waals surface area contributed by atoms with Crippen LogP contribution in [-0.4, -0.2) is 27.6 Å². The van der Waals surface area contributed by atoms with Gasteiger partial charge in [-0.3, -0.25) is 9.59 Å². The van der Waals surface area contributed by atoms with Gasteiger partial charge < -0.3 is 4.84 Å². The van der Waals surface area contributed by atoms with E-state index in [0.717, 1.165) is 4.90 Å². The molecule has 2 amide bonds. The molecule has 1 fully saturated rings. The summed E-state index contributed by atoms with van der Waals surface area (Å²) in [4.78, 5) is 40.5. The highest BCUT2D eigenvalue weighted by Crippen LogP contribution is 2.42. The molecule has 0 aliphatic carbocycles. The normalized spacial score (nSPS) is 16.6. The second kappa shape index (κ2) is 8.22. The summed E-state index contributed by atoms with van der Waals surface area (Å²) in [6.45, 7) is 1.74. The smallest absolute Gasteiger partial charge is 0.330 e. The highest BCUT2D eigenvalue weighted by Gasteiger charge is 2.34. The lowest BCUT2D eigenvalue weighted by atomic mass is 10.1. The van der Waals surface area contributed by atoms with Gasteiger partial charge in [0, 0.05) is 17.7 Å². The van der Waals surface area contributed by atoms with E-state index in [4.69, 9.17) is 4.84 Å². The number of nitrogens with zero attached hydrogens (tertiary/aromatic N) is 2. The summed E-state index contributed by atoms with van der Waals surface area (Å²) in [5.74, 6) is -1.71. The zero-order valence-electron chi connectivity index (χ0n) is 13.1. The van der Waals surface area contributed by atoms with Gasteiger partial charge in [-0.25, -0.2) is 4.79 Å². The number of hydrogen-bond acceptors (Lipinski definition) is 7. The molecular formula is C16H16N2O4S2. The van der Waals surface area contributed by atoms with Crippen molar-refractivity contribution in [3.8, 4) is 6.07 Å². The Bertz CT molecular complexity index is 658. The van der Waals surface area contributed by atoms with Gasteiger partial charge in [-0.05, 0) is 25.5 Å². The number of amides is 2. The molecule has 0 saturated carbocycles. The lowest BCUT2D eigenvalue weighted by Crippen LogP contribution is -2.32. The third-order valence-electron chi connectivity index (χ3n) is 3.31. The van der Waals surface area contributed by atoms with E-state index in [1.165, 1.54) is 21.6 Å². The summed E-state index contributed by atoms with van der Waals surface area (Å²) in [5, 5.41) is 9.92. The average molecular weight is 364 g/mol. The first-order valence-corrected chi connectivity index (χ1v) is 9.47. The molecule has 6 nitrogen and oxygen atoms in total. The van der Waals surface area contributed by atoms with Gasteiger partial charge in [0.1, 0.15) is 4.75 Å². The Morgan fingerprint density at radius 1 is 1.29 bits per heavy atom. The van der Waals surface area contributed by atoms with Crippen molar-refractivity contribution >= 4 is 39.4 Å². The molecule has 0 bridgehead atoms. The van der Waals surface area contributed by atoms with Crippen molar-refractivity contribution < 1.29 is 19.2 Å². The molecule has 0 radical (unpaired) electrons. The highest BCUT2D eigenvalue weighted by molar-refractivity contribution is 8.77. The van der Waals surface area contributed by atoms with Gasteiger partial charge in [0.2, 0.25) is 0 Å². The first-order valence-electron chi connectivity index (χ1n) is 7.32. The Morgan fingerprint density at radius 3 is 2.50 bits per heavy atom. The Morgan fingerprint density at radius 2 is 1.92 bits per heavy atom. The third-order valence-corrected chi connectivity index (χ3v) is 6.45. The van der Waals surface area contributed by atoms with Crippen LogP contribution in [0, 0.1) is 11.3 Å². The van der Waals surface area contributed by atoms with E-state index in [9.17, 15) is 19.6 Å². The van der Waals surface area contributed by atoms with Crippen LogP contribution in [0.4, 0.5) is 0 Å². The van der Waals surface area contributed by atoms with Crippen molar-refractivity contribution in [2.75, 3.05) is 0 Å². The Balaban J connectivity index is 1.83. The molecule has 126 valence electrons. The molecule has 2 rings (SSSR count). The number of carbonyl (C=O) groups excluding carboxylic acids is 3. The second-order valence-corrected chi connectivity index (χ2v) is 8.07. The minimum absolute atomic E-state index is 0.0521. The van der Waals surface area contributed by atoms with Crippen LogP contribution in [0.2, 0.25) is 0 Å². The quantitative estimate of drug-likeness (QED) is 0.542. The fourth-order valence-electron chi connectivity index (χ4n) is 1.88. The van der Waals surface area contributed by atoms with E-state index >= 15 is 0 Å². The summed E-state index contributed by atoms with van der Waals surface area (Å²) < 4.78 is -0.793. The Kier molecular flexibility index (Phi) is 6.29. The first kappa shape index (κ1) is 18.4. The van der Waals surface area contributed by atoms with E-state index in [-0.39, 0.29) is 25.7 Å². The van der Waals surface area contributed by atoms with Gasteiger partial charge in [0.05, 0.1) is 12.5 Å². The number of rotatable bonds is 7. The van der Waals surface area contributed by atoms with Crippen LogP contribution in [0.1, 0.15) is 32.6 Å². The van der Waals surface area contributed by atoms with Crippen molar-refractivity contribution in [2.24, 2.45) is 0 Å². The SMILES string of the molecule is CC(C#N)(CCC(=O)ON1C(=O)CCC1=O)SSc1ccccc1. The predicted molar refractivity (Wildman–Crippen MR) is 90.3 cm³/mol. The molecule has 24 heavy (non-hydrogen) atoms. The van der Waals surface area contributed by atoms with E-state index in [2.05, 4.69) is 6.07 Å². The number of hydrogen-bond donors (Lipinski definition) is 0. The van der Waals surface area contributed by atoms with E-state index in [1.807, 2.05) is 30.3 Å². The average Bonchev–Trinajstić information content (AvgIpc) is 2.91. The number of benzene rings is 1. The van der Waals surface area contributed by atoms with Gasteiger partial charge in [0.25, 0.3) is 11.8 Å². The van der Waals surface area contributed by atoms with E-state index in [1.54, 1.807) is 6.92 Å². The van der Waals surface area contributed by atoms with Crippen LogP contribution in [0.25, 0.3) is 0 Å². The topological polar surface area (TPSA) is 87.5 Å². The molecule has 1 atom stereocenters. The zero-order valence-corrected chi connectivity index (χ0v) is 14.7. The number of hydroxylamine groups is 2. The summed E-state index contributed by atoms with van der Waals surface area (Å²) in [5.41, 5.74) is 0. The Labute approximate surface area is 147 Å². The minimum atomic E-state index is -0.793. The largest absolute Gasteiger partial charge is 0.333 e. The van der Waals surface area contributed by atoms with Crippen LogP contribution < -0.4 is 0 Å². The summed E-state index contributed by atoms with van der Waals surface area (Å²) >= 11 is 0. The molecule has 1 aliphatic rings. The third kappa shape index (κ3) is 5.01. The number of imide groups is 1. The number of nitriles is 1. The second-order valence-electron chi connectivity index (χ2n) is 5.37. The molecule has 0 spiro atoms. The maximum Gasteiger partial charge on any atom is 0.333 e. The monoisotopic (exact) mass is 364 g/mol. The molecule has 0 N–H and O–H groups in total. The molecule has 1 aromatic rings. The molecule has 1 heterocycles. The molecule has 1 aromatic carbocycles. The molecule has 1 aliphatic heterocycles. The van der Waals surface area contributed by atoms with Gasteiger partial charge in [-0.2, -0.15) is 5.26 Å². The summed E-state index contributed by atoms with van der Waals surface area (Å²) in [6, 6.07) is 11.8. The molecular weight excluding hydrogens is 348 g/mol.